The number of alkyl halides is 3. The molecule has 0 aliphatic carbocycles. The first-order chi connectivity index (χ1) is 17.7. The van der Waals surface area contributed by atoms with E-state index in [9.17, 15) is 22.8 Å². The largest absolute Gasteiger partial charge is 0.419 e. The molecule has 0 radical (unpaired) electrons. The van der Waals surface area contributed by atoms with E-state index in [0.29, 0.717) is 67.5 Å². The molecular formula is C23H23ClF3N7O3. The number of aromatic amines is 1. The topological polar surface area (TPSA) is 108 Å². The predicted molar refractivity (Wildman–Crippen MR) is 130 cm³/mol. The fourth-order valence-corrected chi connectivity index (χ4v) is 4.81. The number of piperazine rings is 1. The van der Waals surface area contributed by atoms with Crippen molar-refractivity contribution in [1.82, 2.24) is 25.1 Å². The number of carbonyl (C=O) groups excluding carboxylic acids is 1. The number of halogens is 4. The Morgan fingerprint density at radius 1 is 1.11 bits per heavy atom. The van der Waals surface area contributed by atoms with E-state index in [0.717, 1.165) is 12.4 Å². The van der Waals surface area contributed by atoms with Crippen molar-refractivity contribution in [2.24, 2.45) is 0 Å². The fourth-order valence-electron chi connectivity index (χ4n) is 4.55. The van der Waals surface area contributed by atoms with Crippen molar-refractivity contribution in [3.05, 3.63) is 51.5 Å². The lowest BCUT2D eigenvalue weighted by Gasteiger charge is -2.37. The Labute approximate surface area is 214 Å². The molecule has 2 saturated heterocycles. The van der Waals surface area contributed by atoms with E-state index in [-0.39, 0.29) is 29.9 Å². The monoisotopic (exact) mass is 537 g/mol. The van der Waals surface area contributed by atoms with Crippen LogP contribution in [0.2, 0.25) is 5.02 Å². The van der Waals surface area contributed by atoms with Crippen LogP contribution in [0.15, 0.2) is 35.4 Å². The molecule has 0 bridgehead atoms. The summed E-state index contributed by atoms with van der Waals surface area (Å²) in [5, 5.41) is 8.06. The SMILES string of the molecule is O=C(C[C@H]1CN(c2n[nH]c(=O)c3c(Cl)cccc23)CCO1)N1CCN(c2ncc(C(F)(F)F)cn2)CC1. The lowest BCUT2D eigenvalue weighted by atomic mass is 10.1. The molecule has 37 heavy (non-hydrogen) atoms. The number of anilines is 2. The minimum absolute atomic E-state index is 0.0813. The Kier molecular flexibility index (Phi) is 6.90. The van der Waals surface area contributed by atoms with Crippen LogP contribution in [0.3, 0.4) is 0 Å². The number of nitrogens with one attached hydrogen (secondary N) is 1. The van der Waals surface area contributed by atoms with Crippen LogP contribution in [0.4, 0.5) is 24.9 Å². The number of benzene rings is 1. The highest BCUT2D eigenvalue weighted by atomic mass is 35.5. The average Bonchev–Trinajstić information content (AvgIpc) is 2.89. The summed E-state index contributed by atoms with van der Waals surface area (Å²) in [6.07, 6.45) is -3.18. The van der Waals surface area contributed by atoms with Gasteiger partial charge in [0.15, 0.2) is 5.82 Å². The van der Waals surface area contributed by atoms with Crippen molar-refractivity contribution in [3.8, 4) is 0 Å². The summed E-state index contributed by atoms with van der Waals surface area (Å²) < 4.78 is 44.1. The quantitative estimate of drug-likeness (QED) is 0.540. The fraction of sp³-hybridized carbons (Fsp3) is 0.435. The first-order valence-electron chi connectivity index (χ1n) is 11.7. The van der Waals surface area contributed by atoms with Gasteiger partial charge in [-0.2, -0.15) is 18.3 Å². The van der Waals surface area contributed by atoms with Gasteiger partial charge >= 0.3 is 6.18 Å². The minimum Gasteiger partial charge on any atom is -0.374 e. The maximum absolute atomic E-state index is 13.0. The van der Waals surface area contributed by atoms with Gasteiger partial charge in [-0.1, -0.05) is 23.7 Å². The Morgan fingerprint density at radius 3 is 2.54 bits per heavy atom. The summed E-state index contributed by atoms with van der Waals surface area (Å²) in [6, 6.07) is 5.19. The zero-order valence-corrected chi connectivity index (χ0v) is 20.3. The van der Waals surface area contributed by atoms with Crippen LogP contribution in [-0.4, -0.2) is 83.0 Å². The van der Waals surface area contributed by atoms with Crippen molar-refractivity contribution in [2.75, 3.05) is 55.7 Å². The molecule has 5 rings (SSSR count). The smallest absolute Gasteiger partial charge is 0.374 e. The summed E-state index contributed by atoms with van der Waals surface area (Å²) in [5.41, 5.74) is -1.27. The zero-order valence-electron chi connectivity index (χ0n) is 19.5. The highest BCUT2D eigenvalue weighted by Crippen LogP contribution is 2.29. The molecule has 2 aliphatic rings. The third-order valence-corrected chi connectivity index (χ3v) is 6.78. The second kappa shape index (κ2) is 10.1. The second-order valence-corrected chi connectivity index (χ2v) is 9.23. The first kappa shape index (κ1) is 25.2. The standard InChI is InChI=1S/C23H23ClF3N7O3/c24-17-3-1-2-16-19(17)21(36)31-30-20(16)34-8-9-37-15(13-34)10-18(35)32-4-6-33(7-5-32)22-28-11-14(12-29-22)23(25,26)27/h1-3,11-12,15H,4-10,13H2,(H,31,36)/t15-/m0/s1. The molecule has 0 unspecified atom stereocenters. The van der Waals surface area contributed by atoms with E-state index >= 15 is 0 Å². The third kappa shape index (κ3) is 5.32. The van der Waals surface area contributed by atoms with Gasteiger partial charge in [0, 0.05) is 57.0 Å². The maximum Gasteiger partial charge on any atom is 0.419 e. The van der Waals surface area contributed by atoms with Gasteiger partial charge < -0.3 is 19.4 Å². The number of carbonyl (C=O) groups is 1. The highest BCUT2D eigenvalue weighted by molar-refractivity contribution is 6.35. The summed E-state index contributed by atoms with van der Waals surface area (Å²) in [5.74, 6) is 0.692. The molecule has 3 aromatic rings. The molecule has 1 atom stereocenters. The Morgan fingerprint density at radius 2 is 1.84 bits per heavy atom. The number of hydrogen-bond acceptors (Lipinski definition) is 8. The lowest BCUT2D eigenvalue weighted by Crippen LogP contribution is -2.51. The van der Waals surface area contributed by atoms with Gasteiger partial charge in [0.25, 0.3) is 5.56 Å². The molecule has 2 aliphatic heterocycles. The Hall–Kier alpha value is -3.45. The van der Waals surface area contributed by atoms with Crippen LogP contribution in [0.5, 0.6) is 0 Å². The Balaban J connectivity index is 1.19. The molecule has 2 fully saturated rings. The molecule has 10 nitrogen and oxygen atoms in total. The number of amides is 1. The van der Waals surface area contributed by atoms with E-state index in [1.165, 1.54) is 0 Å². The number of morpholine rings is 1. The van der Waals surface area contributed by atoms with Gasteiger partial charge in [-0.25, -0.2) is 15.1 Å². The molecular weight excluding hydrogens is 515 g/mol. The van der Waals surface area contributed by atoms with E-state index < -0.39 is 11.7 Å². The van der Waals surface area contributed by atoms with Gasteiger partial charge in [0.1, 0.15) is 0 Å². The number of rotatable bonds is 4. The first-order valence-corrected chi connectivity index (χ1v) is 12.0. The van der Waals surface area contributed by atoms with Crippen molar-refractivity contribution >= 4 is 40.0 Å². The number of ether oxygens (including phenoxy) is 1. The normalized spacial score (nSPS) is 18.9. The summed E-state index contributed by atoms with van der Waals surface area (Å²) in [6.45, 7) is 2.93. The van der Waals surface area contributed by atoms with Crippen LogP contribution in [0.25, 0.3) is 10.8 Å². The highest BCUT2D eigenvalue weighted by Gasteiger charge is 2.32. The molecule has 4 heterocycles. The zero-order chi connectivity index (χ0) is 26.2. The van der Waals surface area contributed by atoms with Gasteiger partial charge in [0.05, 0.1) is 35.1 Å². The van der Waals surface area contributed by atoms with E-state index in [4.69, 9.17) is 16.3 Å². The van der Waals surface area contributed by atoms with E-state index in [2.05, 4.69) is 20.2 Å². The molecule has 0 spiro atoms. The van der Waals surface area contributed by atoms with Crippen molar-refractivity contribution in [2.45, 2.75) is 18.7 Å². The molecule has 2 aromatic heterocycles. The van der Waals surface area contributed by atoms with Gasteiger partial charge in [0.2, 0.25) is 11.9 Å². The predicted octanol–water partition coefficient (Wildman–Crippen LogP) is 2.33. The minimum atomic E-state index is -4.49. The van der Waals surface area contributed by atoms with E-state index in [1.807, 2.05) is 4.90 Å². The maximum atomic E-state index is 13.0. The molecule has 196 valence electrons. The Bertz CT molecular complexity index is 1340. The number of nitrogens with zero attached hydrogens (tertiary/aromatic N) is 6. The summed E-state index contributed by atoms with van der Waals surface area (Å²) in [7, 11) is 0. The number of fused-ring (bicyclic) bond motifs is 1. The van der Waals surface area contributed by atoms with Gasteiger partial charge in [-0.05, 0) is 6.07 Å². The molecule has 0 saturated carbocycles. The van der Waals surface area contributed by atoms with Crippen LogP contribution >= 0.6 is 11.6 Å². The van der Waals surface area contributed by atoms with Crippen LogP contribution in [0, 0.1) is 0 Å². The molecule has 1 aromatic carbocycles. The molecule has 1 amide bonds. The number of aromatic nitrogens is 4. The van der Waals surface area contributed by atoms with Gasteiger partial charge in [-0.3, -0.25) is 9.59 Å². The lowest BCUT2D eigenvalue weighted by molar-refractivity contribution is -0.138. The van der Waals surface area contributed by atoms with Crippen LogP contribution < -0.4 is 15.4 Å². The second-order valence-electron chi connectivity index (χ2n) is 8.82. The number of H-pyrrole nitrogens is 1. The summed E-state index contributed by atoms with van der Waals surface area (Å²) >= 11 is 6.23. The van der Waals surface area contributed by atoms with Crippen molar-refractivity contribution in [1.29, 1.82) is 0 Å². The number of hydrogen-bond donors (Lipinski definition) is 1. The van der Waals surface area contributed by atoms with Crippen molar-refractivity contribution in [3.63, 3.8) is 0 Å². The summed E-state index contributed by atoms with van der Waals surface area (Å²) in [4.78, 5) is 38.3. The van der Waals surface area contributed by atoms with Crippen molar-refractivity contribution < 1.29 is 22.7 Å². The third-order valence-electron chi connectivity index (χ3n) is 6.47. The molecule has 1 N–H and O–H groups in total. The van der Waals surface area contributed by atoms with Gasteiger partial charge in [-0.15, -0.1) is 0 Å². The molecule has 14 heteroatoms. The van der Waals surface area contributed by atoms with Crippen LogP contribution in [-0.2, 0) is 15.7 Å². The average molecular weight is 538 g/mol. The van der Waals surface area contributed by atoms with Crippen LogP contribution in [0.1, 0.15) is 12.0 Å². The van der Waals surface area contributed by atoms with E-state index in [1.54, 1.807) is 28.0 Å².